The molecule has 1 aliphatic rings. The fraction of sp³-hybridized carbons (Fsp3) is 0.533. The van der Waals surface area contributed by atoms with Gasteiger partial charge in [0.05, 0.1) is 12.2 Å². The minimum atomic E-state index is -2.57. The van der Waals surface area contributed by atoms with E-state index < -0.39 is 22.7 Å². The first-order valence-electron chi connectivity index (χ1n) is 13.1. The van der Waals surface area contributed by atoms with Gasteiger partial charge < -0.3 is 14.0 Å². The van der Waals surface area contributed by atoms with Crippen LogP contribution in [0, 0.1) is 0 Å². The number of allylic oxidation sites excluding steroid dienone is 1. The Morgan fingerprint density at radius 3 is 1.80 bits per heavy atom. The molecule has 2 aromatic rings. The molecule has 0 radical (unpaired) electrons. The van der Waals surface area contributed by atoms with Crippen molar-refractivity contribution in [2.45, 2.75) is 96.2 Å². The van der Waals surface area contributed by atoms with Crippen LogP contribution in [0.4, 0.5) is 0 Å². The van der Waals surface area contributed by atoms with Gasteiger partial charge in [0.25, 0.3) is 8.32 Å². The smallest absolute Gasteiger partial charge is 0.261 e. The second kappa shape index (κ2) is 10.9. The van der Waals surface area contributed by atoms with E-state index in [4.69, 9.17) is 8.85 Å². The van der Waals surface area contributed by atoms with Gasteiger partial charge in [-0.1, -0.05) is 108 Å². The topological polar surface area (TPSA) is 38.7 Å². The van der Waals surface area contributed by atoms with Gasteiger partial charge in [-0.2, -0.15) is 0 Å². The molecular formula is C30H46O3Si2. The molecule has 0 bridgehead atoms. The highest BCUT2D eigenvalue weighted by Crippen LogP contribution is 2.40. The summed E-state index contributed by atoms with van der Waals surface area (Å²) in [5.41, 5.74) is 1.07. The maximum Gasteiger partial charge on any atom is 0.261 e. The van der Waals surface area contributed by atoms with Gasteiger partial charge in [0, 0.05) is 6.61 Å². The number of rotatable bonds is 8. The SMILES string of the molecule is CC(C)(C)[Si](C)(C)O[C@@H]1CCC=C(CCO[Si](c2ccccc2)(c2ccccc2)C(C)(C)C)[C@@H]1O. The van der Waals surface area contributed by atoms with Crippen molar-refractivity contribution >= 4 is 27.0 Å². The Hall–Kier alpha value is -1.51. The van der Waals surface area contributed by atoms with Crippen molar-refractivity contribution in [3.05, 3.63) is 72.3 Å². The third-order valence-electron chi connectivity index (χ3n) is 7.97. The van der Waals surface area contributed by atoms with Crippen LogP contribution in [0.15, 0.2) is 72.3 Å². The Balaban J connectivity index is 1.82. The molecule has 35 heavy (non-hydrogen) atoms. The van der Waals surface area contributed by atoms with E-state index in [0.717, 1.165) is 24.8 Å². The number of aliphatic hydroxyl groups is 1. The lowest BCUT2D eigenvalue weighted by Gasteiger charge is -2.43. The van der Waals surface area contributed by atoms with Crippen LogP contribution in [0.5, 0.6) is 0 Å². The van der Waals surface area contributed by atoms with Crippen molar-refractivity contribution in [3.63, 3.8) is 0 Å². The zero-order chi connectivity index (χ0) is 25.9. The first kappa shape index (κ1) is 28.1. The van der Waals surface area contributed by atoms with Crippen LogP contribution in [0.3, 0.4) is 0 Å². The normalized spacial score (nSPS) is 20.0. The third-order valence-corrected chi connectivity index (χ3v) is 17.5. The van der Waals surface area contributed by atoms with Gasteiger partial charge in [0.15, 0.2) is 8.32 Å². The van der Waals surface area contributed by atoms with Gasteiger partial charge in [-0.15, -0.1) is 0 Å². The molecule has 2 aromatic carbocycles. The Labute approximate surface area is 215 Å². The summed E-state index contributed by atoms with van der Waals surface area (Å²) in [6.45, 7) is 18.8. The van der Waals surface area contributed by atoms with Gasteiger partial charge in [-0.05, 0) is 58.4 Å². The van der Waals surface area contributed by atoms with E-state index in [2.05, 4.69) is 121 Å². The Bertz CT molecular complexity index is 933. The number of hydrogen-bond acceptors (Lipinski definition) is 3. The van der Waals surface area contributed by atoms with E-state index in [1.165, 1.54) is 10.4 Å². The predicted octanol–water partition coefficient (Wildman–Crippen LogP) is 6.42. The Morgan fingerprint density at radius 1 is 0.829 bits per heavy atom. The highest BCUT2D eigenvalue weighted by molar-refractivity contribution is 6.99. The maximum absolute atomic E-state index is 11.3. The van der Waals surface area contributed by atoms with E-state index in [1.54, 1.807) is 0 Å². The van der Waals surface area contributed by atoms with Gasteiger partial charge in [-0.25, -0.2) is 0 Å². The van der Waals surface area contributed by atoms with E-state index in [1.807, 2.05) is 0 Å². The highest BCUT2D eigenvalue weighted by atomic mass is 28.4. The molecule has 1 N–H and O–H groups in total. The summed E-state index contributed by atoms with van der Waals surface area (Å²) in [6, 6.07) is 21.5. The lowest BCUT2D eigenvalue weighted by Crippen LogP contribution is -2.66. The summed E-state index contributed by atoms with van der Waals surface area (Å²) in [6.07, 6.45) is 4.09. The lowest BCUT2D eigenvalue weighted by molar-refractivity contribution is 0.0361. The van der Waals surface area contributed by atoms with Crippen LogP contribution in [-0.2, 0) is 8.85 Å². The maximum atomic E-state index is 11.3. The minimum absolute atomic E-state index is 0.0523. The summed E-state index contributed by atoms with van der Waals surface area (Å²) in [4.78, 5) is 0. The fourth-order valence-electron chi connectivity index (χ4n) is 4.96. The molecule has 3 nitrogen and oxygen atoms in total. The third kappa shape index (κ3) is 6.08. The molecule has 5 heteroatoms. The largest absolute Gasteiger partial charge is 0.411 e. The van der Waals surface area contributed by atoms with E-state index in [9.17, 15) is 5.11 Å². The van der Waals surface area contributed by atoms with Crippen molar-refractivity contribution in [3.8, 4) is 0 Å². The molecule has 0 fully saturated rings. The molecule has 3 rings (SSSR count). The molecular weight excluding hydrogens is 464 g/mol. The number of benzene rings is 2. The summed E-state index contributed by atoms with van der Waals surface area (Å²) in [5.74, 6) is 0. The molecule has 0 aliphatic heterocycles. The van der Waals surface area contributed by atoms with Crippen LogP contribution in [0.25, 0.3) is 0 Å². The fourth-order valence-corrected chi connectivity index (χ4v) is 10.9. The average molecular weight is 511 g/mol. The highest BCUT2D eigenvalue weighted by Gasteiger charge is 2.50. The molecule has 1 aliphatic carbocycles. The molecule has 0 heterocycles. The molecule has 0 spiro atoms. The van der Waals surface area contributed by atoms with Gasteiger partial charge in [-0.3, -0.25) is 0 Å². The van der Waals surface area contributed by atoms with E-state index in [0.29, 0.717) is 6.61 Å². The molecule has 0 amide bonds. The van der Waals surface area contributed by atoms with Crippen molar-refractivity contribution in [1.29, 1.82) is 0 Å². The summed E-state index contributed by atoms with van der Waals surface area (Å²) in [7, 11) is -4.52. The van der Waals surface area contributed by atoms with Gasteiger partial charge >= 0.3 is 0 Å². The summed E-state index contributed by atoms with van der Waals surface area (Å²) < 4.78 is 13.7. The Morgan fingerprint density at radius 2 is 1.34 bits per heavy atom. The van der Waals surface area contributed by atoms with Crippen LogP contribution in [0.1, 0.15) is 60.8 Å². The quantitative estimate of drug-likeness (QED) is 0.329. The summed E-state index contributed by atoms with van der Waals surface area (Å²) in [5, 5.41) is 13.9. The molecule has 0 saturated heterocycles. The zero-order valence-corrected chi connectivity index (χ0v) is 25.1. The van der Waals surface area contributed by atoms with E-state index in [-0.39, 0.29) is 16.2 Å². The molecule has 0 aromatic heterocycles. The first-order chi connectivity index (χ1) is 16.3. The van der Waals surface area contributed by atoms with Crippen LogP contribution in [-0.4, -0.2) is 40.6 Å². The van der Waals surface area contributed by atoms with Crippen molar-refractivity contribution < 1.29 is 14.0 Å². The van der Waals surface area contributed by atoms with Crippen molar-refractivity contribution in [2.75, 3.05) is 6.61 Å². The predicted molar refractivity (Wildman–Crippen MR) is 154 cm³/mol. The number of hydrogen-bond donors (Lipinski definition) is 1. The first-order valence-corrected chi connectivity index (χ1v) is 17.9. The number of aliphatic hydroxyl groups excluding tert-OH is 1. The lowest BCUT2D eigenvalue weighted by atomic mass is 9.92. The second-order valence-electron chi connectivity index (χ2n) is 12.5. The molecule has 0 unspecified atom stereocenters. The van der Waals surface area contributed by atoms with Gasteiger partial charge in [0.2, 0.25) is 0 Å². The zero-order valence-electron chi connectivity index (χ0n) is 23.1. The summed E-state index contributed by atoms with van der Waals surface area (Å²) >= 11 is 0. The molecule has 192 valence electrons. The average Bonchev–Trinajstić information content (AvgIpc) is 2.78. The Kier molecular flexibility index (Phi) is 8.70. The van der Waals surface area contributed by atoms with Crippen LogP contribution >= 0.6 is 0 Å². The van der Waals surface area contributed by atoms with Crippen LogP contribution in [0.2, 0.25) is 23.2 Å². The monoisotopic (exact) mass is 510 g/mol. The standard InChI is InChI=1S/C30H46O3Si2/c1-29(2,3)34(7,8)33-27-21-15-16-24(28(27)31)22-23-32-35(30(4,5)6,25-17-11-9-12-18-25)26-19-13-10-14-20-26/h9-14,16-20,27-28,31H,15,21-23H2,1-8H3/t27-,28+/m1/s1. The van der Waals surface area contributed by atoms with E-state index >= 15 is 0 Å². The minimum Gasteiger partial charge on any atom is -0.411 e. The molecule has 0 saturated carbocycles. The van der Waals surface area contributed by atoms with Crippen LogP contribution < -0.4 is 10.4 Å². The van der Waals surface area contributed by atoms with Gasteiger partial charge in [0.1, 0.15) is 0 Å². The van der Waals surface area contributed by atoms with Crippen molar-refractivity contribution in [1.82, 2.24) is 0 Å². The second-order valence-corrected chi connectivity index (χ2v) is 21.5. The molecule has 2 atom stereocenters. The van der Waals surface area contributed by atoms with Crippen molar-refractivity contribution in [2.24, 2.45) is 0 Å².